The first-order valence-electron chi connectivity index (χ1n) is 11.0. The third-order valence-corrected chi connectivity index (χ3v) is 10.3. The second kappa shape index (κ2) is 9.40. The number of likely N-dealkylation sites (tertiary alicyclic amines) is 1. The smallest absolute Gasteiger partial charge is 0.186 e. The van der Waals surface area contributed by atoms with Crippen LogP contribution >= 0.6 is 0 Å². The van der Waals surface area contributed by atoms with Gasteiger partial charge in [-0.1, -0.05) is 36.8 Å². The summed E-state index contributed by atoms with van der Waals surface area (Å²) in [6, 6.07) is 13.2. The summed E-state index contributed by atoms with van der Waals surface area (Å²) in [5, 5.41) is 2.33. The zero-order chi connectivity index (χ0) is 21.9. The van der Waals surface area contributed by atoms with E-state index in [4.69, 9.17) is 0 Å². The molecular formula is C23H30N2O4S2. The second-order valence-corrected chi connectivity index (χ2v) is 12.5. The molecular weight excluding hydrogens is 432 g/mol. The maximum Gasteiger partial charge on any atom is 0.186 e. The third-order valence-electron chi connectivity index (χ3n) is 6.22. The third kappa shape index (κ3) is 4.87. The summed E-state index contributed by atoms with van der Waals surface area (Å²) < 4.78 is 52.1. The normalized spacial score (nSPS) is 21.1. The molecule has 6 nitrogen and oxygen atoms in total. The molecule has 4 rings (SSSR count). The van der Waals surface area contributed by atoms with Crippen LogP contribution in [0.5, 0.6) is 0 Å². The molecule has 0 spiro atoms. The van der Waals surface area contributed by atoms with Gasteiger partial charge in [0.05, 0.1) is 15.5 Å². The number of rotatable bonds is 8. The van der Waals surface area contributed by atoms with E-state index in [1.54, 1.807) is 24.3 Å². The lowest BCUT2D eigenvalue weighted by molar-refractivity contribution is 0.225. The predicted octanol–water partition coefficient (Wildman–Crippen LogP) is 2.95. The number of fused-ring (bicyclic) bond motifs is 1. The zero-order valence-corrected chi connectivity index (χ0v) is 19.3. The summed E-state index contributed by atoms with van der Waals surface area (Å²) >= 11 is 0. The quantitative estimate of drug-likeness (QED) is 0.608. The second-order valence-electron chi connectivity index (χ2n) is 8.39. The minimum absolute atomic E-state index is 0.157. The number of piperidine rings is 1. The van der Waals surface area contributed by atoms with Gasteiger partial charge in [0.2, 0.25) is 0 Å². The first kappa shape index (κ1) is 22.5. The first-order chi connectivity index (χ1) is 14.9. The standard InChI is InChI=1S/C23H30N2O4S2/c26-30(27)18-22(31(28,29)20-10-3-1-4-11-20)23-19(9-7-12-21(23)30)17-24-13-8-16-25-14-5-2-6-15-25/h1,3-4,7,9-12,22,24H,2,5-6,8,13-18H2. The number of hydrogen-bond donors (Lipinski definition) is 1. The SMILES string of the molecule is O=S1(=O)CC(S(=O)(=O)c2ccccc2)c2c(CNCCCN3CCCCC3)cccc21. The molecule has 1 saturated heterocycles. The Morgan fingerprint density at radius 3 is 2.45 bits per heavy atom. The molecule has 1 fully saturated rings. The van der Waals surface area contributed by atoms with Crippen molar-refractivity contribution in [1.29, 1.82) is 0 Å². The van der Waals surface area contributed by atoms with Gasteiger partial charge in [0.25, 0.3) is 0 Å². The number of sulfone groups is 2. The van der Waals surface area contributed by atoms with Crippen LogP contribution in [-0.2, 0) is 26.2 Å². The molecule has 2 heterocycles. The number of nitrogens with one attached hydrogen (secondary N) is 1. The van der Waals surface area contributed by atoms with Crippen molar-refractivity contribution in [2.24, 2.45) is 0 Å². The van der Waals surface area contributed by atoms with E-state index >= 15 is 0 Å². The van der Waals surface area contributed by atoms with Crippen molar-refractivity contribution in [3.05, 3.63) is 59.7 Å². The molecule has 0 amide bonds. The van der Waals surface area contributed by atoms with Crippen LogP contribution in [0.25, 0.3) is 0 Å². The van der Waals surface area contributed by atoms with Crippen molar-refractivity contribution < 1.29 is 16.8 Å². The Bertz CT molecular complexity index is 1110. The summed E-state index contributed by atoms with van der Waals surface area (Å²) in [6.07, 6.45) is 4.88. The van der Waals surface area contributed by atoms with Gasteiger partial charge in [-0.3, -0.25) is 0 Å². The zero-order valence-electron chi connectivity index (χ0n) is 17.7. The lowest BCUT2D eigenvalue weighted by Crippen LogP contribution is -2.32. The molecule has 0 saturated carbocycles. The van der Waals surface area contributed by atoms with Crippen LogP contribution in [0.15, 0.2) is 58.3 Å². The van der Waals surface area contributed by atoms with E-state index < -0.39 is 30.7 Å². The molecule has 168 valence electrons. The maximum atomic E-state index is 13.3. The average molecular weight is 463 g/mol. The van der Waals surface area contributed by atoms with Crippen molar-refractivity contribution in [2.75, 3.05) is 31.9 Å². The van der Waals surface area contributed by atoms with Gasteiger partial charge in [0.15, 0.2) is 19.7 Å². The summed E-state index contributed by atoms with van der Waals surface area (Å²) in [5.74, 6) is -0.397. The predicted molar refractivity (Wildman–Crippen MR) is 121 cm³/mol. The van der Waals surface area contributed by atoms with E-state index in [-0.39, 0.29) is 9.79 Å². The fourth-order valence-electron chi connectivity index (χ4n) is 4.61. The summed E-state index contributed by atoms with van der Waals surface area (Å²) in [4.78, 5) is 2.80. The van der Waals surface area contributed by atoms with Crippen molar-refractivity contribution in [3.63, 3.8) is 0 Å². The van der Waals surface area contributed by atoms with Crippen LogP contribution in [0, 0.1) is 0 Å². The molecule has 2 aromatic carbocycles. The fourth-order valence-corrected chi connectivity index (χ4v) is 9.03. The van der Waals surface area contributed by atoms with Crippen molar-refractivity contribution in [3.8, 4) is 0 Å². The lowest BCUT2D eigenvalue weighted by atomic mass is 10.0. The molecule has 2 aliphatic heterocycles. The van der Waals surface area contributed by atoms with Crippen LogP contribution < -0.4 is 5.32 Å². The molecule has 1 unspecified atom stereocenters. The first-order valence-corrected chi connectivity index (χ1v) is 14.2. The molecule has 0 bridgehead atoms. The van der Waals surface area contributed by atoms with Crippen LogP contribution in [0.1, 0.15) is 42.1 Å². The summed E-state index contributed by atoms with van der Waals surface area (Å²) in [5.41, 5.74) is 1.19. The van der Waals surface area contributed by atoms with Gasteiger partial charge in [-0.15, -0.1) is 0 Å². The highest BCUT2D eigenvalue weighted by molar-refractivity contribution is 7.96. The lowest BCUT2D eigenvalue weighted by Gasteiger charge is -2.26. The van der Waals surface area contributed by atoms with Gasteiger partial charge in [0.1, 0.15) is 5.25 Å². The molecule has 0 aliphatic carbocycles. The highest BCUT2D eigenvalue weighted by Crippen LogP contribution is 2.42. The van der Waals surface area contributed by atoms with Crippen LogP contribution in [0.2, 0.25) is 0 Å². The van der Waals surface area contributed by atoms with Crippen molar-refractivity contribution >= 4 is 19.7 Å². The van der Waals surface area contributed by atoms with Crippen molar-refractivity contribution in [2.45, 2.75) is 47.3 Å². The van der Waals surface area contributed by atoms with Gasteiger partial charge >= 0.3 is 0 Å². The monoisotopic (exact) mass is 462 g/mol. The van der Waals surface area contributed by atoms with E-state index in [9.17, 15) is 16.8 Å². The Morgan fingerprint density at radius 2 is 1.71 bits per heavy atom. The van der Waals surface area contributed by atoms with Crippen molar-refractivity contribution in [1.82, 2.24) is 10.2 Å². The summed E-state index contributed by atoms with van der Waals surface area (Å²) in [6.45, 7) is 4.66. The van der Waals surface area contributed by atoms with Crippen LogP contribution in [0.4, 0.5) is 0 Å². The molecule has 1 N–H and O–H groups in total. The van der Waals surface area contributed by atoms with E-state index in [1.807, 2.05) is 6.07 Å². The average Bonchev–Trinajstić information content (AvgIpc) is 3.07. The Kier molecular flexibility index (Phi) is 6.81. The minimum atomic E-state index is -3.81. The van der Waals surface area contributed by atoms with Gasteiger partial charge in [-0.05, 0) is 74.8 Å². The number of benzene rings is 2. The Labute approximate surface area is 185 Å². The molecule has 0 aromatic heterocycles. The van der Waals surface area contributed by atoms with E-state index in [0.29, 0.717) is 12.1 Å². The van der Waals surface area contributed by atoms with Crippen LogP contribution in [0.3, 0.4) is 0 Å². The van der Waals surface area contributed by atoms with E-state index in [1.165, 1.54) is 50.6 Å². The highest BCUT2D eigenvalue weighted by atomic mass is 32.2. The fraction of sp³-hybridized carbons (Fsp3) is 0.478. The summed E-state index contributed by atoms with van der Waals surface area (Å²) in [7, 11) is -7.44. The minimum Gasteiger partial charge on any atom is -0.313 e. The molecule has 2 aliphatic rings. The van der Waals surface area contributed by atoms with Crippen LogP contribution in [-0.4, -0.2) is 53.7 Å². The molecule has 31 heavy (non-hydrogen) atoms. The molecule has 8 heteroatoms. The Hall–Kier alpha value is -1.74. The molecule has 2 aromatic rings. The Balaban J connectivity index is 1.50. The number of nitrogens with zero attached hydrogens (tertiary/aromatic N) is 1. The van der Waals surface area contributed by atoms with Gasteiger partial charge in [-0.25, -0.2) is 16.8 Å². The maximum absolute atomic E-state index is 13.3. The van der Waals surface area contributed by atoms with E-state index in [0.717, 1.165) is 25.1 Å². The van der Waals surface area contributed by atoms with Gasteiger partial charge in [-0.2, -0.15) is 0 Å². The largest absolute Gasteiger partial charge is 0.313 e. The van der Waals surface area contributed by atoms with Gasteiger partial charge < -0.3 is 10.2 Å². The van der Waals surface area contributed by atoms with Gasteiger partial charge in [0, 0.05) is 6.54 Å². The topological polar surface area (TPSA) is 83.5 Å². The van der Waals surface area contributed by atoms with E-state index in [2.05, 4.69) is 10.2 Å². The molecule has 1 atom stereocenters. The number of hydrogen-bond acceptors (Lipinski definition) is 6. The molecule has 0 radical (unpaired) electrons. The highest BCUT2D eigenvalue weighted by Gasteiger charge is 2.44. The Morgan fingerprint density at radius 1 is 0.968 bits per heavy atom.